The van der Waals surface area contributed by atoms with Gasteiger partial charge in [-0.05, 0) is 55.8 Å². The molecule has 2 heterocycles. The Morgan fingerprint density at radius 1 is 1.14 bits per heavy atom. The van der Waals surface area contributed by atoms with E-state index >= 15 is 0 Å². The van der Waals surface area contributed by atoms with Gasteiger partial charge < -0.3 is 20.5 Å². The fourth-order valence-corrected chi connectivity index (χ4v) is 4.30. The zero-order valence-corrected chi connectivity index (χ0v) is 19.7. The molecule has 1 amide bonds. The standard InChI is InChI=1S/C24H23F6N5O2/c1-12(16-9-17-19(10-18(16)23(25,26)27)33-13(2)34-21(17)36)32-15-5-3-14(4-6-15)22(37)35-8-7-31-20(11-35)24(28,29)30/h3-6,9-10,12,20,31-32H,7-8,11H2,1-2H3,(H,33,34,36). The maximum Gasteiger partial charge on any atom is 0.416 e. The number of nitrogens with zero attached hydrogens (tertiary/aromatic N) is 2. The summed E-state index contributed by atoms with van der Waals surface area (Å²) in [5, 5.41) is 5.27. The second-order valence-electron chi connectivity index (χ2n) is 8.85. The first-order valence-corrected chi connectivity index (χ1v) is 11.3. The third kappa shape index (κ3) is 5.71. The normalized spacial score (nSPS) is 17.6. The minimum atomic E-state index is -4.70. The van der Waals surface area contributed by atoms with Crippen molar-refractivity contribution in [2.75, 3.05) is 25.0 Å². The van der Waals surface area contributed by atoms with Crippen LogP contribution in [0.2, 0.25) is 0 Å². The molecular formula is C24H23F6N5O2. The molecule has 4 rings (SSSR count). The summed E-state index contributed by atoms with van der Waals surface area (Å²) < 4.78 is 80.6. The molecule has 37 heavy (non-hydrogen) atoms. The molecule has 7 nitrogen and oxygen atoms in total. The van der Waals surface area contributed by atoms with E-state index in [1.165, 1.54) is 38.1 Å². The van der Waals surface area contributed by atoms with E-state index in [2.05, 4.69) is 20.6 Å². The molecule has 2 aromatic carbocycles. The van der Waals surface area contributed by atoms with E-state index in [-0.39, 0.29) is 40.9 Å². The lowest BCUT2D eigenvalue weighted by molar-refractivity contribution is -0.162. The molecule has 1 aliphatic rings. The smallest absolute Gasteiger partial charge is 0.379 e. The van der Waals surface area contributed by atoms with Crippen molar-refractivity contribution in [2.24, 2.45) is 0 Å². The molecule has 2 unspecified atom stereocenters. The largest absolute Gasteiger partial charge is 0.416 e. The summed E-state index contributed by atoms with van der Waals surface area (Å²) in [5.74, 6) is -0.389. The number of carbonyl (C=O) groups excluding carboxylic acids is 1. The van der Waals surface area contributed by atoms with Gasteiger partial charge in [-0.3, -0.25) is 9.59 Å². The zero-order chi connectivity index (χ0) is 27.1. The Bertz CT molecular complexity index is 1370. The second-order valence-corrected chi connectivity index (χ2v) is 8.85. The highest BCUT2D eigenvalue weighted by molar-refractivity contribution is 5.94. The van der Waals surface area contributed by atoms with Crippen molar-refractivity contribution in [3.8, 4) is 0 Å². The summed E-state index contributed by atoms with van der Waals surface area (Å²) in [7, 11) is 0. The van der Waals surface area contributed by atoms with E-state index in [0.717, 1.165) is 17.0 Å². The number of carbonyl (C=O) groups is 1. The average molecular weight is 527 g/mol. The number of piperazine rings is 1. The predicted molar refractivity (Wildman–Crippen MR) is 124 cm³/mol. The van der Waals surface area contributed by atoms with Crippen molar-refractivity contribution in [3.05, 3.63) is 69.3 Å². The lowest BCUT2D eigenvalue weighted by atomic mass is 9.98. The molecule has 1 fully saturated rings. The Morgan fingerprint density at radius 3 is 2.43 bits per heavy atom. The molecule has 1 aromatic heterocycles. The van der Waals surface area contributed by atoms with Gasteiger partial charge in [0.25, 0.3) is 11.5 Å². The van der Waals surface area contributed by atoms with E-state index in [1.807, 2.05) is 0 Å². The highest BCUT2D eigenvalue weighted by Gasteiger charge is 2.43. The number of benzene rings is 2. The fourth-order valence-electron chi connectivity index (χ4n) is 4.30. The highest BCUT2D eigenvalue weighted by Crippen LogP contribution is 2.37. The van der Waals surface area contributed by atoms with Gasteiger partial charge in [0.05, 0.1) is 16.5 Å². The molecule has 2 atom stereocenters. The Morgan fingerprint density at radius 2 is 1.81 bits per heavy atom. The molecule has 0 saturated carbocycles. The third-order valence-electron chi connectivity index (χ3n) is 6.14. The fraction of sp³-hybridized carbons (Fsp3) is 0.375. The molecule has 0 radical (unpaired) electrons. The van der Waals surface area contributed by atoms with E-state index in [9.17, 15) is 35.9 Å². The summed E-state index contributed by atoms with van der Waals surface area (Å²) in [4.78, 5) is 32.6. The van der Waals surface area contributed by atoms with Crippen molar-refractivity contribution < 1.29 is 31.1 Å². The van der Waals surface area contributed by atoms with Crippen LogP contribution < -0.4 is 16.2 Å². The van der Waals surface area contributed by atoms with Crippen molar-refractivity contribution in [2.45, 2.75) is 38.3 Å². The minimum absolute atomic E-state index is 0.00170. The number of anilines is 1. The number of alkyl halides is 6. The summed E-state index contributed by atoms with van der Waals surface area (Å²) in [5.41, 5.74) is -1.23. The molecule has 1 aliphatic heterocycles. The van der Waals surface area contributed by atoms with E-state index in [4.69, 9.17) is 0 Å². The van der Waals surface area contributed by atoms with Crippen LogP contribution in [0.15, 0.2) is 41.2 Å². The number of aromatic amines is 1. The summed E-state index contributed by atoms with van der Waals surface area (Å²) >= 11 is 0. The number of hydrogen-bond donors (Lipinski definition) is 3. The molecule has 0 aliphatic carbocycles. The van der Waals surface area contributed by atoms with Gasteiger partial charge in [-0.2, -0.15) is 26.3 Å². The number of halogens is 6. The Labute approximate surface area is 206 Å². The van der Waals surface area contributed by atoms with Gasteiger partial charge in [-0.25, -0.2) is 4.98 Å². The van der Waals surface area contributed by atoms with Crippen molar-refractivity contribution in [1.82, 2.24) is 20.2 Å². The van der Waals surface area contributed by atoms with Crippen LogP contribution in [0.1, 0.15) is 40.3 Å². The van der Waals surface area contributed by atoms with Gasteiger partial charge in [-0.15, -0.1) is 0 Å². The van der Waals surface area contributed by atoms with Crippen LogP contribution in [0.3, 0.4) is 0 Å². The van der Waals surface area contributed by atoms with Gasteiger partial charge in [0, 0.05) is 36.9 Å². The number of H-pyrrole nitrogens is 1. The monoisotopic (exact) mass is 527 g/mol. The maximum atomic E-state index is 13.8. The van der Waals surface area contributed by atoms with Crippen molar-refractivity contribution in [3.63, 3.8) is 0 Å². The first-order chi connectivity index (χ1) is 17.2. The summed E-state index contributed by atoms with van der Waals surface area (Å²) in [6.07, 6.45) is -9.19. The molecule has 3 aromatic rings. The van der Waals surface area contributed by atoms with Crippen LogP contribution in [0.4, 0.5) is 32.0 Å². The summed E-state index contributed by atoms with van der Waals surface area (Å²) in [6.45, 7) is 2.55. The van der Waals surface area contributed by atoms with Crippen LogP contribution >= 0.6 is 0 Å². The number of nitrogens with one attached hydrogen (secondary N) is 3. The number of amides is 1. The lowest BCUT2D eigenvalue weighted by Crippen LogP contribution is -2.58. The molecule has 198 valence electrons. The Hall–Kier alpha value is -3.61. The number of hydrogen-bond acceptors (Lipinski definition) is 5. The molecule has 3 N–H and O–H groups in total. The third-order valence-corrected chi connectivity index (χ3v) is 6.14. The molecule has 0 spiro atoms. The van der Waals surface area contributed by atoms with Gasteiger partial charge in [0.1, 0.15) is 11.9 Å². The van der Waals surface area contributed by atoms with E-state index in [0.29, 0.717) is 5.69 Å². The topological polar surface area (TPSA) is 90.1 Å². The van der Waals surface area contributed by atoms with Crippen LogP contribution in [-0.4, -0.2) is 52.6 Å². The lowest BCUT2D eigenvalue weighted by Gasteiger charge is -2.34. The number of aromatic nitrogens is 2. The number of aryl methyl sites for hydroxylation is 1. The van der Waals surface area contributed by atoms with Crippen LogP contribution in [0.25, 0.3) is 10.9 Å². The molecular weight excluding hydrogens is 504 g/mol. The summed E-state index contributed by atoms with van der Waals surface area (Å²) in [6, 6.07) is 4.98. The number of fused-ring (bicyclic) bond motifs is 1. The maximum absolute atomic E-state index is 13.8. The van der Waals surface area contributed by atoms with Crippen LogP contribution in [0.5, 0.6) is 0 Å². The SMILES string of the molecule is Cc1nc2cc(C(F)(F)F)c(C(C)Nc3ccc(C(=O)N4CCNC(C(F)(F)F)C4)cc3)cc2c(=O)[nH]1. The first-order valence-electron chi connectivity index (χ1n) is 11.3. The van der Waals surface area contributed by atoms with Crippen molar-refractivity contribution in [1.29, 1.82) is 0 Å². The van der Waals surface area contributed by atoms with E-state index < -0.39 is 48.0 Å². The highest BCUT2D eigenvalue weighted by atomic mass is 19.4. The average Bonchev–Trinajstić information content (AvgIpc) is 2.82. The Kier molecular flexibility index (Phi) is 6.93. The zero-order valence-electron chi connectivity index (χ0n) is 19.7. The molecule has 0 bridgehead atoms. The van der Waals surface area contributed by atoms with Gasteiger partial charge in [0.15, 0.2) is 0 Å². The predicted octanol–water partition coefficient (Wildman–Crippen LogP) is 4.40. The van der Waals surface area contributed by atoms with E-state index in [1.54, 1.807) is 0 Å². The van der Waals surface area contributed by atoms with Gasteiger partial charge >= 0.3 is 12.4 Å². The van der Waals surface area contributed by atoms with Gasteiger partial charge in [-0.1, -0.05) is 0 Å². The first kappa shape index (κ1) is 26.5. The van der Waals surface area contributed by atoms with Gasteiger partial charge in [0.2, 0.25) is 0 Å². The Balaban J connectivity index is 1.56. The van der Waals surface area contributed by atoms with Crippen LogP contribution in [-0.2, 0) is 6.18 Å². The van der Waals surface area contributed by atoms with Crippen LogP contribution in [0, 0.1) is 6.92 Å². The quantitative estimate of drug-likeness (QED) is 0.438. The minimum Gasteiger partial charge on any atom is -0.379 e. The second kappa shape index (κ2) is 9.69. The number of rotatable bonds is 4. The molecule has 1 saturated heterocycles. The van der Waals surface area contributed by atoms with Crippen molar-refractivity contribution >= 4 is 22.5 Å². The molecule has 13 heteroatoms.